The second-order valence-corrected chi connectivity index (χ2v) is 10.6. The molecule has 2 atom stereocenters. The van der Waals surface area contributed by atoms with Crippen molar-refractivity contribution >= 4 is 15.9 Å². The van der Waals surface area contributed by atoms with Gasteiger partial charge in [0.25, 0.3) is 15.9 Å². The maximum atomic E-state index is 13.2. The lowest BCUT2D eigenvalue weighted by Crippen LogP contribution is -2.51. The number of hydrogen-bond acceptors (Lipinski definition) is 6. The number of nitrogens with zero attached hydrogens (tertiary/aromatic N) is 2. The van der Waals surface area contributed by atoms with Crippen molar-refractivity contribution in [1.29, 1.82) is 0 Å². The Morgan fingerprint density at radius 1 is 1.15 bits per heavy atom. The van der Waals surface area contributed by atoms with Crippen molar-refractivity contribution in [3.63, 3.8) is 0 Å². The largest absolute Gasteiger partial charge is 0.452 e. The third kappa shape index (κ3) is 6.11. The zero-order valence-electron chi connectivity index (χ0n) is 19.0. The van der Waals surface area contributed by atoms with Gasteiger partial charge in [-0.05, 0) is 61.9 Å². The standard InChI is InChI=1S/C25H29N3O5S/c1-18-7-5-10-21(26-18)25(30)27-22(15-19-8-3-2-4-9-19)23(29)17-28(16-20-12-13-20)34(31,32)24-11-6-14-33-24/h2-11,14,20,22-23,29H,12-13,15-17H2,1H3,(H,27,30). The summed E-state index contributed by atoms with van der Waals surface area (Å²) >= 11 is 0. The van der Waals surface area contributed by atoms with Crippen LogP contribution in [-0.4, -0.2) is 54.0 Å². The van der Waals surface area contributed by atoms with Crippen LogP contribution in [0.25, 0.3) is 0 Å². The van der Waals surface area contributed by atoms with Gasteiger partial charge in [-0.1, -0.05) is 36.4 Å². The Balaban J connectivity index is 1.56. The van der Waals surface area contributed by atoms with E-state index in [1.54, 1.807) is 25.1 Å². The highest BCUT2D eigenvalue weighted by atomic mass is 32.2. The van der Waals surface area contributed by atoms with Crippen molar-refractivity contribution in [2.24, 2.45) is 5.92 Å². The summed E-state index contributed by atoms with van der Waals surface area (Å²) in [5.41, 5.74) is 1.85. The van der Waals surface area contributed by atoms with Crippen LogP contribution >= 0.6 is 0 Å². The van der Waals surface area contributed by atoms with Crippen molar-refractivity contribution < 1.29 is 22.7 Å². The van der Waals surface area contributed by atoms with E-state index in [9.17, 15) is 18.3 Å². The minimum Gasteiger partial charge on any atom is -0.452 e. The fourth-order valence-electron chi connectivity index (χ4n) is 3.80. The Morgan fingerprint density at radius 3 is 2.56 bits per heavy atom. The van der Waals surface area contributed by atoms with E-state index >= 15 is 0 Å². The summed E-state index contributed by atoms with van der Waals surface area (Å²) in [6.45, 7) is 1.92. The Labute approximate surface area is 199 Å². The van der Waals surface area contributed by atoms with Crippen molar-refractivity contribution in [2.45, 2.75) is 43.4 Å². The molecule has 1 saturated carbocycles. The van der Waals surface area contributed by atoms with E-state index in [1.165, 1.54) is 22.7 Å². The fourth-order valence-corrected chi connectivity index (χ4v) is 5.23. The van der Waals surface area contributed by atoms with Crippen LogP contribution in [0.4, 0.5) is 0 Å². The van der Waals surface area contributed by atoms with Gasteiger partial charge in [0, 0.05) is 18.8 Å². The van der Waals surface area contributed by atoms with Crippen LogP contribution in [0.2, 0.25) is 0 Å². The third-order valence-electron chi connectivity index (χ3n) is 5.84. The molecule has 0 saturated heterocycles. The third-order valence-corrected chi connectivity index (χ3v) is 7.56. The molecule has 2 N–H and O–H groups in total. The lowest BCUT2D eigenvalue weighted by atomic mass is 10.0. The summed E-state index contributed by atoms with van der Waals surface area (Å²) in [7, 11) is -3.92. The number of aliphatic hydroxyl groups is 1. The smallest absolute Gasteiger partial charge is 0.276 e. The molecule has 180 valence electrons. The zero-order chi connectivity index (χ0) is 24.1. The van der Waals surface area contributed by atoms with Crippen LogP contribution in [0.5, 0.6) is 0 Å². The van der Waals surface area contributed by atoms with Gasteiger partial charge in [-0.25, -0.2) is 13.4 Å². The molecule has 4 rings (SSSR count). The molecular formula is C25H29N3O5S. The summed E-state index contributed by atoms with van der Waals surface area (Å²) in [6, 6.07) is 16.8. The molecule has 0 bridgehead atoms. The van der Waals surface area contributed by atoms with Crippen molar-refractivity contribution in [3.05, 3.63) is 83.9 Å². The van der Waals surface area contributed by atoms with E-state index in [-0.39, 0.29) is 23.2 Å². The number of amides is 1. The number of benzene rings is 1. The molecule has 9 heteroatoms. The fraction of sp³-hybridized carbons (Fsp3) is 0.360. The van der Waals surface area contributed by atoms with Crippen LogP contribution in [0.3, 0.4) is 0 Å². The number of carbonyl (C=O) groups excluding carboxylic acids is 1. The van der Waals surface area contributed by atoms with E-state index in [0.717, 1.165) is 18.4 Å². The van der Waals surface area contributed by atoms with E-state index in [2.05, 4.69) is 10.3 Å². The normalized spacial score (nSPS) is 15.7. The number of rotatable bonds is 11. The average molecular weight is 484 g/mol. The minimum absolute atomic E-state index is 0.159. The summed E-state index contributed by atoms with van der Waals surface area (Å²) in [5, 5.41) is 13.9. The lowest BCUT2D eigenvalue weighted by Gasteiger charge is -2.29. The van der Waals surface area contributed by atoms with Crippen molar-refractivity contribution in [3.8, 4) is 0 Å². The first-order valence-corrected chi connectivity index (χ1v) is 12.8. The Bertz CT molecular complexity index is 1190. The van der Waals surface area contributed by atoms with Gasteiger partial charge in [0.1, 0.15) is 5.69 Å². The van der Waals surface area contributed by atoms with Crippen LogP contribution in [-0.2, 0) is 16.4 Å². The molecule has 2 unspecified atom stereocenters. The number of aryl methyl sites for hydroxylation is 1. The lowest BCUT2D eigenvalue weighted by molar-refractivity contribution is 0.0775. The number of hydrogen-bond donors (Lipinski definition) is 2. The van der Waals surface area contributed by atoms with Crippen LogP contribution in [0, 0.1) is 12.8 Å². The second-order valence-electron chi connectivity index (χ2n) is 8.70. The first kappa shape index (κ1) is 24.1. The highest BCUT2D eigenvalue weighted by molar-refractivity contribution is 7.89. The molecule has 0 radical (unpaired) electrons. The molecule has 1 fully saturated rings. The number of furan rings is 1. The van der Waals surface area contributed by atoms with E-state index in [4.69, 9.17) is 4.42 Å². The summed E-state index contributed by atoms with van der Waals surface area (Å²) < 4.78 is 32.8. The maximum Gasteiger partial charge on any atom is 0.276 e. The number of sulfonamides is 1. The SMILES string of the molecule is Cc1cccc(C(=O)NC(Cc2ccccc2)C(O)CN(CC2CC2)S(=O)(=O)c2ccco2)n1. The molecule has 1 aliphatic carbocycles. The van der Waals surface area contributed by atoms with Gasteiger partial charge in [0.15, 0.2) is 0 Å². The molecule has 0 aliphatic heterocycles. The van der Waals surface area contributed by atoms with Gasteiger partial charge in [0.05, 0.1) is 18.4 Å². The number of aromatic nitrogens is 1. The number of aliphatic hydroxyl groups excluding tert-OH is 1. The topological polar surface area (TPSA) is 113 Å². The van der Waals surface area contributed by atoms with Crippen molar-refractivity contribution in [1.82, 2.24) is 14.6 Å². The second kappa shape index (κ2) is 10.5. The molecule has 34 heavy (non-hydrogen) atoms. The van der Waals surface area contributed by atoms with Gasteiger partial charge in [-0.3, -0.25) is 4.79 Å². The van der Waals surface area contributed by atoms with Gasteiger partial charge >= 0.3 is 0 Å². The highest BCUT2D eigenvalue weighted by Gasteiger charge is 2.36. The molecule has 8 nitrogen and oxygen atoms in total. The van der Waals surface area contributed by atoms with E-state index < -0.39 is 28.1 Å². The Morgan fingerprint density at radius 2 is 1.91 bits per heavy atom. The van der Waals surface area contributed by atoms with Gasteiger partial charge in [-0.15, -0.1) is 0 Å². The van der Waals surface area contributed by atoms with E-state index in [0.29, 0.717) is 18.7 Å². The summed E-state index contributed by atoms with van der Waals surface area (Å²) in [5.74, 6) is -0.165. The van der Waals surface area contributed by atoms with Crippen molar-refractivity contribution in [2.75, 3.05) is 13.1 Å². The predicted molar refractivity (Wildman–Crippen MR) is 127 cm³/mol. The molecule has 2 heterocycles. The summed E-state index contributed by atoms with van der Waals surface area (Å²) in [4.78, 5) is 17.2. The molecule has 1 amide bonds. The zero-order valence-corrected chi connectivity index (χ0v) is 19.8. The molecule has 2 aromatic heterocycles. The van der Waals surface area contributed by atoms with Gasteiger partial charge < -0.3 is 14.8 Å². The number of carbonyl (C=O) groups is 1. The Kier molecular flexibility index (Phi) is 7.45. The highest BCUT2D eigenvalue weighted by Crippen LogP contribution is 2.32. The molecule has 1 aromatic carbocycles. The predicted octanol–water partition coefficient (Wildman–Crippen LogP) is 2.79. The van der Waals surface area contributed by atoms with Gasteiger partial charge in [-0.2, -0.15) is 4.31 Å². The molecule has 3 aromatic rings. The Hall–Kier alpha value is -3.01. The molecule has 0 spiro atoms. The maximum absolute atomic E-state index is 13.2. The minimum atomic E-state index is -3.92. The number of nitrogens with one attached hydrogen (secondary N) is 1. The average Bonchev–Trinajstić information content (AvgIpc) is 3.46. The van der Waals surface area contributed by atoms with Gasteiger partial charge in [0.2, 0.25) is 5.09 Å². The molecular weight excluding hydrogens is 454 g/mol. The first-order chi connectivity index (χ1) is 16.3. The van der Waals surface area contributed by atoms with Crippen LogP contribution in [0.1, 0.15) is 34.6 Å². The number of pyridine rings is 1. The first-order valence-electron chi connectivity index (χ1n) is 11.3. The van der Waals surface area contributed by atoms with Crippen LogP contribution in [0.15, 0.2) is 76.4 Å². The summed E-state index contributed by atoms with van der Waals surface area (Å²) in [6.07, 6.45) is 2.38. The monoisotopic (exact) mass is 483 g/mol. The van der Waals surface area contributed by atoms with Crippen LogP contribution < -0.4 is 5.32 Å². The quantitative estimate of drug-likeness (QED) is 0.434. The molecule has 1 aliphatic rings. The van der Waals surface area contributed by atoms with E-state index in [1.807, 2.05) is 30.3 Å².